The van der Waals surface area contributed by atoms with Crippen LogP contribution in [0.1, 0.15) is 55.6 Å². The highest BCUT2D eigenvalue weighted by Gasteiger charge is 2.45. The Bertz CT molecular complexity index is 1130. The molecule has 7 nitrogen and oxygen atoms in total. The van der Waals surface area contributed by atoms with Gasteiger partial charge in [-0.15, -0.1) is 0 Å². The summed E-state index contributed by atoms with van der Waals surface area (Å²) in [4.78, 5) is 26.8. The number of hydrogen-bond acceptors (Lipinski definition) is 5. The Morgan fingerprint density at radius 3 is 2.37 bits per heavy atom. The molecule has 0 aliphatic carbocycles. The van der Waals surface area contributed by atoms with Gasteiger partial charge in [0.05, 0.1) is 17.3 Å². The van der Waals surface area contributed by atoms with E-state index in [0.29, 0.717) is 22.5 Å². The van der Waals surface area contributed by atoms with Crippen LogP contribution in [-0.4, -0.2) is 17.1 Å². The number of nitriles is 1. The number of rotatable bonds is 4. The maximum atomic E-state index is 12.9. The van der Waals surface area contributed by atoms with Gasteiger partial charge in [-0.05, 0) is 55.8 Å². The molecule has 0 saturated carbocycles. The molecule has 1 aliphatic rings. The van der Waals surface area contributed by atoms with Crippen LogP contribution in [0.2, 0.25) is 0 Å². The standard InChI is InChI=1S/C22H22N3O4P/c1-21(2)12-19(26)25(22(3,4)30(28)29)18-11-16(9-10-17(18)21)24-20(27)15-7-5-14(13-23)6-8-15/h5-11H,12H2,1-4H3,(H,24,27). The van der Waals surface area contributed by atoms with Gasteiger partial charge in [-0.2, -0.15) is 5.26 Å². The number of fused-ring (bicyclic) bond motifs is 1. The van der Waals surface area contributed by atoms with Crippen LogP contribution in [0.5, 0.6) is 0 Å². The highest BCUT2D eigenvalue weighted by molar-refractivity contribution is 7.33. The largest absolute Gasteiger partial charge is 0.341 e. The average Bonchev–Trinajstić information content (AvgIpc) is 2.66. The second-order valence-corrected chi connectivity index (χ2v) is 10.0. The van der Waals surface area contributed by atoms with Crippen molar-refractivity contribution in [1.29, 1.82) is 5.26 Å². The van der Waals surface area contributed by atoms with Crippen molar-refractivity contribution in [2.75, 3.05) is 10.2 Å². The molecule has 0 atom stereocenters. The molecule has 0 unspecified atom stereocenters. The summed E-state index contributed by atoms with van der Waals surface area (Å²) in [6, 6.07) is 13.4. The first-order chi connectivity index (χ1) is 14.0. The second-order valence-electron chi connectivity index (χ2n) is 8.42. The Morgan fingerprint density at radius 1 is 1.17 bits per heavy atom. The zero-order chi connectivity index (χ0) is 22.3. The average molecular weight is 423 g/mol. The van der Waals surface area contributed by atoms with Crippen LogP contribution in [-0.2, 0) is 19.3 Å². The SMILES string of the molecule is CC1(C)CC(=O)N(C(C)(C)P(=O)=O)c2cc(NC(=O)c3ccc(C#N)cc3)ccc21. The molecule has 1 aliphatic heterocycles. The Hall–Kier alpha value is -3.23. The lowest BCUT2D eigenvalue weighted by Crippen LogP contribution is -2.50. The van der Waals surface area contributed by atoms with E-state index in [1.54, 1.807) is 36.4 Å². The lowest BCUT2D eigenvalue weighted by molar-refractivity contribution is -0.120. The fourth-order valence-corrected chi connectivity index (χ4v) is 4.02. The molecule has 0 bridgehead atoms. The predicted molar refractivity (Wildman–Crippen MR) is 113 cm³/mol. The molecule has 0 spiro atoms. The van der Waals surface area contributed by atoms with E-state index < -0.39 is 18.4 Å². The normalized spacial score (nSPS) is 15.2. The smallest absolute Gasteiger partial charge is 0.322 e. The van der Waals surface area contributed by atoms with Gasteiger partial charge < -0.3 is 5.32 Å². The molecular weight excluding hydrogens is 401 g/mol. The van der Waals surface area contributed by atoms with E-state index in [0.717, 1.165) is 5.56 Å². The van der Waals surface area contributed by atoms with Crippen LogP contribution in [0.3, 0.4) is 0 Å². The molecule has 0 radical (unpaired) electrons. The summed E-state index contributed by atoms with van der Waals surface area (Å²) in [5.41, 5.74) is 2.11. The van der Waals surface area contributed by atoms with Crippen LogP contribution in [0.25, 0.3) is 0 Å². The number of benzene rings is 2. The van der Waals surface area contributed by atoms with Crippen LogP contribution < -0.4 is 10.2 Å². The number of nitrogens with one attached hydrogen (secondary N) is 1. The van der Waals surface area contributed by atoms with E-state index in [9.17, 15) is 18.7 Å². The van der Waals surface area contributed by atoms with Gasteiger partial charge in [0.25, 0.3) is 5.91 Å². The number of nitrogens with zero attached hydrogens (tertiary/aromatic N) is 2. The Labute approximate surface area is 175 Å². The highest BCUT2D eigenvalue weighted by atomic mass is 31.1. The molecule has 1 N–H and O–H groups in total. The summed E-state index contributed by atoms with van der Waals surface area (Å²) >= 11 is 0. The third-order valence-electron chi connectivity index (χ3n) is 5.34. The molecule has 2 aromatic rings. The third kappa shape index (κ3) is 3.79. The zero-order valence-electron chi connectivity index (χ0n) is 17.2. The third-order valence-corrected chi connectivity index (χ3v) is 6.43. The van der Waals surface area contributed by atoms with Gasteiger partial charge in [-0.1, -0.05) is 19.9 Å². The molecule has 1 heterocycles. The van der Waals surface area contributed by atoms with Gasteiger partial charge in [0.2, 0.25) is 5.91 Å². The number of amides is 2. The van der Waals surface area contributed by atoms with E-state index in [1.807, 2.05) is 26.0 Å². The molecule has 0 fully saturated rings. The van der Waals surface area contributed by atoms with Crippen molar-refractivity contribution >= 4 is 30.9 Å². The number of hydrogen-bond donors (Lipinski definition) is 1. The molecular formula is C22H22N3O4P. The van der Waals surface area contributed by atoms with E-state index >= 15 is 0 Å². The number of carbonyl (C=O) groups excluding carboxylic acids is 2. The first kappa shape index (κ1) is 21.5. The van der Waals surface area contributed by atoms with Gasteiger partial charge in [0, 0.05) is 23.1 Å². The van der Waals surface area contributed by atoms with Crippen molar-refractivity contribution in [2.24, 2.45) is 0 Å². The van der Waals surface area contributed by atoms with Crippen molar-refractivity contribution in [2.45, 2.75) is 44.8 Å². The molecule has 30 heavy (non-hydrogen) atoms. The number of anilines is 2. The van der Waals surface area contributed by atoms with Crippen molar-refractivity contribution in [3.8, 4) is 6.07 Å². The second kappa shape index (κ2) is 7.55. The van der Waals surface area contributed by atoms with Crippen LogP contribution >= 0.6 is 7.68 Å². The summed E-state index contributed by atoms with van der Waals surface area (Å²) < 4.78 is 23.8. The minimum atomic E-state index is -2.92. The zero-order valence-corrected chi connectivity index (χ0v) is 18.1. The predicted octanol–water partition coefficient (Wildman–Crippen LogP) is 4.73. The first-order valence-corrected chi connectivity index (χ1v) is 10.6. The van der Waals surface area contributed by atoms with E-state index in [2.05, 4.69) is 5.32 Å². The van der Waals surface area contributed by atoms with Gasteiger partial charge >= 0.3 is 7.68 Å². The minimum Gasteiger partial charge on any atom is -0.322 e. The minimum absolute atomic E-state index is 0.184. The van der Waals surface area contributed by atoms with E-state index in [4.69, 9.17) is 5.26 Å². The van der Waals surface area contributed by atoms with E-state index in [1.165, 1.54) is 18.7 Å². The van der Waals surface area contributed by atoms with Gasteiger partial charge in [-0.25, -0.2) is 9.13 Å². The molecule has 2 aromatic carbocycles. The fourth-order valence-electron chi connectivity index (χ4n) is 3.63. The topological polar surface area (TPSA) is 107 Å². The Kier molecular flexibility index (Phi) is 5.40. The fraction of sp³-hybridized carbons (Fsp3) is 0.318. The van der Waals surface area contributed by atoms with Crippen molar-refractivity contribution in [1.82, 2.24) is 0 Å². The molecule has 154 valence electrons. The highest BCUT2D eigenvalue weighted by Crippen LogP contribution is 2.47. The molecule has 0 saturated heterocycles. The monoisotopic (exact) mass is 423 g/mol. The van der Waals surface area contributed by atoms with Gasteiger partial charge in [-0.3, -0.25) is 14.5 Å². The van der Waals surface area contributed by atoms with Crippen LogP contribution in [0, 0.1) is 11.3 Å². The van der Waals surface area contributed by atoms with Crippen LogP contribution in [0.15, 0.2) is 42.5 Å². The van der Waals surface area contributed by atoms with Gasteiger partial charge in [0.1, 0.15) is 0 Å². The molecule has 3 rings (SSSR count). The summed E-state index contributed by atoms with van der Waals surface area (Å²) in [5.74, 6) is -0.659. The van der Waals surface area contributed by atoms with E-state index in [-0.39, 0.29) is 18.2 Å². The first-order valence-electron chi connectivity index (χ1n) is 9.41. The lowest BCUT2D eigenvalue weighted by Gasteiger charge is -2.43. The maximum Gasteiger partial charge on any atom is 0.341 e. The molecule has 8 heteroatoms. The van der Waals surface area contributed by atoms with Crippen molar-refractivity contribution < 1.29 is 18.7 Å². The lowest BCUT2D eigenvalue weighted by atomic mass is 9.77. The number of carbonyl (C=O) groups is 2. The van der Waals surface area contributed by atoms with Crippen LogP contribution in [0.4, 0.5) is 11.4 Å². The summed E-state index contributed by atoms with van der Waals surface area (Å²) in [6.45, 7) is 6.84. The Balaban J connectivity index is 2.02. The molecule has 0 aromatic heterocycles. The van der Waals surface area contributed by atoms with Gasteiger partial charge in [0.15, 0.2) is 5.28 Å². The Morgan fingerprint density at radius 2 is 1.80 bits per heavy atom. The molecule has 2 amide bonds. The summed E-state index contributed by atoms with van der Waals surface area (Å²) in [7, 11) is -2.92. The summed E-state index contributed by atoms with van der Waals surface area (Å²) in [6.07, 6.45) is 0.184. The quantitative estimate of drug-likeness (QED) is 0.715. The van der Waals surface area contributed by atoms with Crippen molar-refractivity contribution in [3.05, 3.63) is 59.2 Å². The van der Waals surface area contributed by atoms with Crippen molar-refractivity contribution in [3.63, 3.8) is 0 Å². The summed E-state index contributed by atoms with van der Waals surface area (Å²) in [5, 5.41) is 10.3. The maximum absolute atomic E-state index is 12.9.